The summed E-state index contributed by atoms with van der Waals surface area (Å²) in [5.74, 6) is 0.398. The van der Waals surface area contributed by atoms with Gasteiger partial charge in [0.1, 0.15) is 22.5 Å². The number of halogens is 3. The number of hydrogen-bond donors (Lipinski definition) is 3. The van der Waals surface area contributed by atoms with E-state index in [1.807, 2.05) is 0 Å². The van der Waals surface area contributed by atoms with Crippen LogP contribution in [0.3, 0.4) is 0 Å². The lowest BCUT2D eigenvalue weighted by molar-refractivity contribution is -0.140. The minimum absolute atomic E-state index is 0.0581. The Balaban J connectivity index is 2.02. The first-order chi connectivity index (χ1) is 15.7. The molecule has 0 aliphatic heterocycles. The molecule has 0 aliphatic carbocycles. The zero-order chi connectivity index (χ0) is 25.4. The van der Waals surface area contributed by atoms with Gasteiger partial charge in [0.25, 0.3) is 0 Å². The summed E-state index contributed by atoms with van der Waals surface area (Å²) in [6.45, 7) is 7.48. The van der Waals surface area contributed by atoms with E-state index in [-0.39, 0.29) is 17.3 Å². The molecule has 2 aromatic heterocycles. The molecule has 0 radical (unpaired) electrons. The van der Waals surface area contributed by atoms with Crippen LogP contribution in [0.25, 0.3) is 0 Å². The van der Waals surface area contributed by atoms with Crippen LogP contribution in [0.4, 0.5) is 30.5 Å². The van der Waals surface area contributed by atoms with Crippen LogP contribution < -0.4 is 10.6 Å². The van der Waals surface area contributed by atoms with Crippen LogP contribution in [-0.2, 0) is 16.2 Å². The molecule has 0 fully saturated rings. The number of benzene rings is 1. The van der Waals surface area contributed by atoms with E-state index in [2.05, 4.69) is 26.0 Å². The second-order valence-corrected chi connectivity index (χ2v) is 10.2. The molecular formula is C20H22F3N5O4S2. The Morgan fingerprint density at radius 3 is 2.38 bits per heavy atom. The fourth-order valence-electron chi connectivity index (χ4n) is 3.01. The third-order valence-corrected chi connectivity index (χ3v) is 7.16. The molecule has 0 amide bonds. The van der Waals surface area contributed by atoms with E-state index in [0.717, 1.165) is 31.9 Å². The van der Waals surface area contributed by atoms with E-state index in [1.54, 1.807) is 26.0 Å². The number of anilines is 3. The minimum atomic E-state index is -5.01. The van der Waals surface area contributed by atoms with Crippen LogP contribution in [-0.4, -0.2) is 40.7 Å². The van der Waals surface area contributed by atoms with E-state index in [1.165, 1.54) is 0 Å². The van der Waals surface area contributed by atoms with E-state index in [0.29, 0.717) is 27.5 Å². The number of phenols is 1. The van der Waals surface area contributed by atoms with Crippen LogP contribution in [0.1, 0.15) is 30.0 Å². The summed E-state index contributed by atoms with van der Waals surface area (Å²) < 4.78 is 80.2. The molecule has 9 nitrogen and oxygen atoms in total. The number of aryl methyl sites for hydroxylation is 1. The molecule has 0 bridgehead atoms. The van der Waals surface area contributed by atoms with Crippen molar-refractivity contribution in [2.45, 2.75) is 31.0 Å². The number of aromatic nitrogens is 2. The quantitative estimate of drug-likeness (QED) is 0.285. The average molecular weight is 518 g/mol. The van der Waals surface area contributed by atoms with E-state index in [9.17, 15) is 26.7 Å². The lowest BCUT2D eigenvalue weighted by atomic mass is 10.1. The lowest BCUT2D eigenvalue weighted by Crippen LogP contribution is -2.25. The van der Waals surface area contributed by atoms with Gasteiger partial charge in [0.2, 0.25) is 10.0 Å². The summed E-state index contributed by atoms with van der Waals surface area (Å²) in [5, 5.41) is 16.3. The molecule has 3 rings (SSSR count). The van der Waals surface area contributed by atoms with Crippen molar-refractivity contribution in [2.24, 2.45) is 0 Å². The van der Waals surface area contributed by atoms with E-state index >= 15 is 0 Å². The predicted octanol–water partition coefficient (Wildman–Crippen LogP) is 4.89. The van der Waals surface area contributed by atoms with Gasteiger partial charge in [0, 0.05) is 14.1 Å². The van der Waals surface area contributed by atoms with Crippen LogP contribution in [0.2, 0.25) is 0 Å². The molecule has 0 saturated carbocycles. The predicted molar refractivity (Wildman–Crippen MR) is 122 cm³/mol. The molecule has 1 atom stereocenters. The van der Waals surface area contributed by atoms with Crippen molar-refractivity contribution < 1.29 is 31.1 Å². The highest BCUT2D eigenvalue weighted by molar-refractivity contribution is 7.89. The van der Waals surface area contributed by atoms with Gasteiger partial charge in [-0.3, -0.25) is 0 Å². The largest absolute Gasteiger partial charge is 0.504 e. The Kier molecular flexibility index (Phi) is 6.96. The highest BCUT2D eigenvalue weighted by atomic mass is 32.2. The van der Waals surface area contributed by atoms with Crippen molar-refractivity contribution in [3.63, 3.8) is 0 Å². The van der Waals surface area contributed by atoms with Crippen LogP contribution in [0.5, 0.6) is 5.75 Å². The SMILES string of the molecule is C=C(C)[C@@H](Nc1nsnc1Nc1ccc(C(F)(F)F)c(S(=O)(=O)N(C)C)c1O)c1ccc(C)o1. The van der Waals surface area contributed by atoms with Crippen molar-refractivity contribution in [1.29, 1.82) is 0 Å². The summed E-state index contributed by atoms with van der Waals surface area (Å²) in [7, 11) is -2.52. The summed E-state index contributed by atoms with van der Waals surface area (Å²) in [5.41, 5.74) is -1.11. The Hall–Kier alpha value is -3.10. The zero-order valence-corrected chi connectivity index (χ0v) is 20.2. The molecular weight excluding hydrogens is 495 g/mol. The third-order valence-electron chi connectivity index (χ3n) is 4.74. The van der Waals surface area contributed by atoms with Gasteiger partial charge in [-0.15, -0.1) is 0 Å². The summed E-state index contributed by atoms with van der Waals surface area (Å²) in [6.07, 6.45) is -5.01. The number of sulfonamides is 1. The van der Waals surface area contributed by atoms with Gasteiger partial charge in [0.05, 0.1) is 23.0 Å². The molecule has 0 spiro atoms. The highest BCUT2D eigenvalue weighted by Gasteiger charge is 2.40. The number of nitrogens with zero attached hydrogens (tertiary/aromatic N) is 3. The fourth-order valence-corrected chi connectivity index (χ4v) is 4.67. The minimum Gasteiger partial charge on any atom is -0.504 e. The molecule has 1 aromatic carbocycles. The summed E-state index contributed by atoms with van der Waals surface area (Å²) in [4.78, 5) is -1.27. The topological polar surface area (TPSA) is 121 Å². The zero-order valence-electron chi connectivity index (χ0n) is 18.6. The van der Waals surface area contributed by atoms with Crippen molar-refractivity contribution in [1.82, 2.24) is 13.1 Å². The number of nitrogens with one attached hydrogen (secondary N) is 2. The highest BCUT2D eigenvalue weighted by Crippen LogP contribution is 2.44. The Bertz CT molecular complexity index is 1320. The molecule has 0 aliphatic rings. The van der Waals surface area contributed by atoms with Crippen molar-refractivity contribution in [2.75, 3.05) is 24.7 Å². The fraction of sp³-hybridized carbons (Fsp3) is 0.300. The molecule has 2 heterocycles. The number of phenolic OH excluding ortho intramolecular Hbond substituents is 1. The van der Waals surface area contributed by atoms with Gasteiger partial charge < -0.3 is 20.2 Å². The van der Waals surface area contributed by atoms with Crippen molar-refractivity contribution >= 4 is 39.1 Å². The average Bonchev–Trinajstić information content (AvgIpc) is 3.34. The number of rotatable bonds is 8. The first kappa shape index (κ1) is 25.5. The molecule has 3 aromatic rings. The molecule has 0 unspecified atom stereocenters. The maximum Gasteiger partial charge on any atom is 0.417 e. The first-order valence-electron chi connectivity index (χ1n) is 9.67. The smallest absolute Gasteiger partial charge is 0.417 e. The molecule has 0 saturated heterocycles. The van der Waals surface area contributed by atoms with Gasteiger partial charge >= 0.3 is 6.18 Å². The number of hydrogen-bond acceptors (Lipinski definition) is 9. The van der Waals surface area contributed by atoms with Gasteiger partial charge in [-0.05, 0) is 38.1 Å². The van der Waals surface area contributed by atoms with Crippen molar-refractivity contribution in [3.8, 4) is 5.75 Å². The monoisotopic (exact) mass is 517 g/mol. The van der Waals surface area contributed by atoms with Crippen LogP contribution >= 0.6 is 11.7 Å². The second-order valence-electron chi connectivity index (χ2n) is 7.58. The Labute approximate surface area is 198 Å². The van der Waals surface area contributed by atoms with Crippen molar-refractivity contribution in [3.05, 3.63) is 53.5 Å². The van der Waals surface area contributed by atoms with Gasteiger partial charge in [-0.1, -0.05) is 12.2 Å². The molecule has 34 heavy (non-hydrogen) atoms. The van der Waals surface area contributed by atoms with Crippen LogP contribution in [0.15, 0.2) is 45.7 Å². The molecule has 3 N–H and O–H groups in total. The first-order valence-corrected chi connectivity index (χ1v) is 11.8. The molecule has 14 heteroatoms. The number of alkyl halides is 3. The lowest BCUT2D eigenvalue weighted by Gasteiger charge is -2.20. The van der Waals surface area contributed by atoms with Gasteiger partial charge in [0.15, 0.2) is 17.4 Å². The number of aromatic hydroxyl groups is 1. The summed E-state index contributed by atoms with van der Waals surface area (Å²) in [6, 6.07) is 4.53. The maximum atomic E-state index is 13.5. The Morgan fingerprint density at radius 2 is 1.85 bits per heavy atom. The number of furan rings is 1. The normalized spacial score (nSPS) is 13.2. The summed E-state index contributed by atoms with van der Waals surface area (Å²) >= 11 is 0.794. The van der Waals surface area contributed by atoms with Gasteiger partial charge in [-0.25, -0.2) is 12.7 Å². The van der Waals surface area contributed by atoms with Crippen LogP contribution in [0, 0.1) is 6.92 Å². The Morgan fingerprint density at radius 1 is 1.21 bits per heavy atom. The van der Waals surface area contributed by atoms with Gasteiger partial charge in [-0.2, -0.15) is 21.9 Å². The maximum absolute atomic E-state index is 13.5. The standard InChI is InChI=1S/C20H22F3N5O4S2/c1-10(2)15(14-9-6-11(3)32-14)25-19-18(26-33-27-19)24-13-8-7-12(20(21,22)23)17(16(13)29)34(30,31)28(4)5/h6-9,15,29H,1H2,2-5H3,(H,24,26)(H,25,27)/t15-/m1/s1. The molecule has 184 valence electrons. The second kappa shape index (κ2) is 9.27. The van der Waals surface area contributed by atoms with E-state index in [4.69, 9.17) is 4.42 Å². The third kappa shape index (κ3) is 5.03. The van der Waals surface area contributed by atoms with E-state index < -0.39 is 38.4 Å².